The second-order valence-corrected chi connectivity index (χ2v) is 7.35. The van der Waals surface area contributed by atoms with Gasteiger partial charge in [-0.1, -0.05) is 13.5 Å². The van der Waals surface area contributed by atoms with Crippen molar-refractivity contribution in [2.75, 3.05) is 0 Å². The van der Waals surface area contributed by atoms with Crippen LogP contribution >= 0.6 is 67.8 Å². The zero-order chi connectivity index (χ0) is 17.0. The third kappa shape index (κ3) is 4.10. The lowest BCUT2D eigenvalue weighted by atomic mass is 10.0. The standard InChI is InChI=1S/C14H10I3NO4/c1-3-7-8(13(19)20)10(16)11(17)12(9(7)15)22-14(21)6(2)4-5-18/h2-4H2,1H3,(H,19,20). The molecule has 0 aliphatic carbocycles. The molecule has 0 aromatic heterocycles. The third-order valence-electron chi connectivity index (χ3n) is 2.72. The van der Waals surface area contributed by atoms with Gasteiger partial charge in [-0.05, 0) is 79.8 Å². The van der Waals surface area contributed by atoms with Crippen LogP contribution in [-0.2, 0) is 11.2 Å². The molecule has 0 spiro atoms. The molecular weight excluding hydrogens is 627 g/mol. The second-order valence-electron chi connectivity index (χ2n) is 4.11. The molecule has 0 saturated carbocycles. The van der Waals surface area contributed by atoms with E-state index in [2.05, 4.69) is 6.58 Å². The first-order chi connectivity index (χ1) is 10.3. The van der Waals surface area contributed by atoms with Crippen molar-refractivity contribution in [3.05, 3.63) is 34.0 Å². The van der Waals surface area contributed by atoms with Crippen molar-refractivity contribution in [1.29, 1.82) is 5.26 Å². The number of benzene rings is 1. The lowest BCUT2D eigenvalue weighted by Gasteiger charge is -2.16. The van der Waals surface area contributed by atoms with Gasteiger partial charge < -0.3 is 9.84 Å². The fourth-order valence-electron chi connectivity index (χ4n) is 1.66. The van der Waals surface area contributed by atoms with Crippen LogP contribution < -0.4 is 4.74 Å². The number of hydrogen-bond donors (Lipinski definition) is 1. The first kappa shape index (κ1) is 19.6. The van der Waals surface area contributed by atoms with Gasteiger partial charge >= 0.3 is 11.9 Å². The molecule has 1 rings (SSSR count). The SMILES string of the molecule is C=C(CC#N)C(=O)Oc1c(I)c(I)c(C(=O)O)c(CC)c1I. The van der Waals surface area contributed by atoms with E-state index in [1.54, 1.807) is 0 Å². The molecule has 0 heterocycles. The minimum atomic E-state index is -1.01. The van der Waals surface area contributed by atoms with E-state index >= 15 is 0 Å². The summed E-state index contributed by atoms with van der Waals surface area (Å²) in [5, 5.41) is 18.0. The highest BCUT2D eigenvalue weighted by Gasteiger charge is 2.26. The molecule has 1 aromatic carbocycles. The smallest absolute Gasteiger partial charge is 0.339 e. The van der Waals surface area contributed by atoms with Crippen molar-refractivity contribution in [2.24, 2.45) is 0 Å². The zero-order valence-corrected chi connectivity index (χ0v) is 17.8. The van der Waals surface area contributed by atoms with Gasteiger partial charge in [0.1, 0.15) is 0 Å². The fraction of sp³-hybridized carbons (Fsp3) is 0.214. The number of esters is 1. The molecule has 1 N–H and O–H groups in total. The van der Waals surface area contributed by atoms with E-state index in [0.717, 1.165) is 0 Å². The van der Waals surface area contributed by atoms with Gasteiger partial charge in [-0.25, -0.2) is 9.59 Å². The normalized spacial score (nSPS) is 9.95. The van der Waals surface area contributed by atoms with Crippen LogP contribution in [0.1, 0.15) is 29.3 Å². The van der Waals surface area contributed by atoms with Crippen LogP contribution in [0.25, 0.3) is 0 Å². The van der Waals surface area contributed by atoms with E-state index in [9.17, 15) is 14.7 Å². The van der Waals surface area contributed by atoms with Crippen molar-refractivity contribution in [3.63, 3.8) is 0 Å². The molecule has 0 fully saturated rings. The Morgan fingerprint density at radius 2 is 1.86 bits per heavy atom. The number of carbonyl (C=O) groups is 2. The zero-order valence-electron chi connectivity index (χ0n) is 11.4. The molecule has 22 heavy (non-hydrogen) atoms. The van der Waals surface area contributed by atoms with Crippen molar-refractivity contribution < 1.29 is 19.4 Å². The summed E-state index contributed by atoms with van der Waals surface area (Å²) in [5.74, 6) is -1.38. The maximum absolute atomic E-state index is 11.9. The molecule has 0 aliphatic rings. The van der Waals surface area contributed by atoms with Crippen LogP contribution in [0.3, 0.4) is 0 Å². The van der Waals surface area contributed by atoms with Gasteiger partial charge in [0.15, 0.2) is 5.75 Å². The quantitative estimate of drug-likeness (QED) is 0.173. The van der Waals surface area contributed by atoms with Crippen molar-refractivity contribution in [3.8, 4) is 11.8 Å². The van der Waals surface area contributed by atoms with Gasteiger partial charge in [0.2, 0.25) is 0 Å². The Hall–Kier alpha value is -0.420. The molecule has 0 saturated heterocycles. The summed E-state index contributed by atoms with van der Waals surface area (Å²) in [5.41, 5.74) is 0.906. The molecule has 116 valence electrons. The number of nitriles is 1. The van der Waals surface area contributed by atoms with Crippen LogP contribution in [0.15, 0.2) is 12.2 Å². The molecule has 1 aromatic rings. The summed E-state index contributed by atoms with van der Waals surface area (Å²) < 4.78 is 7.01. The number of carboxylic acids is 1. The van der Waals surface area contributed by atoms with E-state index in [1.807, 2.05) is 80.8 Å². The van der Waals surface area contributed by atoms with Crippen LogP contribution in [0.4, 0.5) is 0 Å². The largest absolute Gasteiger partial charge is 0.478 e. The Bertz CT molecular complexity index is 707. The third-order valence-corrected chi connectivity index (χ3v) is 7.00. The molecule has 0 atom stereocenters. The maximum atomic E-state index is 11.9. The van der Waals surface area contributed by atoms with Gasteiger partial charge in [-0.15, -0.1) is 0 Å². The lowest BCUT2D eigenvalue weighted by molar-refractivity contribution is -0.130. The highest BCUT2D eigenvalue weighted by molar-refractivity contribution is 14.1. The number of nitrogens with zero attached hydrogens (tertiary/aromatic N) is 1. The first-order valence-electron chi connectivity index (χ1n) is 5.95. The fourth-order valence-corrected chi connectivity index (χ4v) is 4.66. The summed E-state index contributed by atoms with van der Waals surface area (Å²) in [7, 11) is 0. The van der Waals surface area contributed by atoms with Crippen LogP contribution in [-0.4, -0.2) is 17.0 Å². The molecule has 0 bridgehead atoms. The average molecular weight is 637 g/mol. The molecular formula is C14H10I3NO4. The van der Waals surface area contributed by atoms with Gasteiger partial charge in [0.25, 0.3) is 0 Å². The van der Waals surface area contributed by atoms with E-state index in [1.165, 1.54) is 0 Å². The number of carbonyl (C=O) groups excluding carboxylic acids is 1. The molecule has 0 radical (unpaired) electrons. The van der Waals surface area contributed by atoms with Crippen LogP contribution in [0.2, 0.25) is 0 Å². The number of hydrogen-bond acceptors (Lipinski definition) is 4. The van der Waals surface area contributed by atoms with Gasteiger partial charge in [0, 0.05) is 9.14 Å². The predicted octanol–water partition coefficient (Wildman–Crippen LogP) is 4.14. The molecule has 8 heteroatoms. The molecule has 0 unspecified atom stereocenters. The highest BCUT2D eigenvalue weighted by Crippen LogP contribution is 2.37. The van der Waals surface area contributed by atoms with Gasteiger partial charge in [-0.2, -0.15) is 5.26 Å². The van der Waals surface area contributed by atoms with Crippen LogP contribution in [0, 0.1) is 22.0 Å². The Balaban J connectivity index is 3.43. The lowest BCUT2D eigenvalue weighted by Crippen LogP contribution is -2.16. The van der Waals surface area contributed by atoms with Crippen molar-refractivity contribution >= 4 is 79.7 Å². The first-order valence-corrected chi connectivity index (χ1v) is 9.19. The molecule has 0 amide bonds. The highest BCUT2D eigenvalue weighted by atomic mass is 127. The monoisotopic (exact) mass is 637 g/mol. The second kappa shape index (κ2) is 8.44. The van der Waals surface area contributed by atoms with Crippen LogP contribution in [0.5, 0.6) is 5.75 Å². The summed E-state index contributed by atoms with van der Waals surface area (Å²) in [6.45, 7) is 5.35. The van der Waals surface area contributed by atoms with Crippen molar-refractivity contribution in [2.45, 2.75) is 19.8 Å². The van der Waals surface area contributed by atoms with Gasteiger partial charge in [0.05, 0.1) is 25.2 Å². The summed E-state index contributed by atoms with van der Waals surface area (Å²) in [6, 6.07) is 1.84. The number of aromatic carboxylic acids is 1. The van der Waals surface area contributed by atoms with E-state index in [0.29, 0.717) is 28.4 Å². The minimum absolute atomic E-state index is 0.0597. The number of rotatable bonds is 5. The Labute approximate surface area is 168 Å². The van der Waals surface area contributed by atoms with E-state index < -0.39 is 11.9 Å². The van der Waals surface area contributed by atoms with Gasteiger partial charge in [-0.3, -0.25) is 0 Å². The number of ether oxygens (including phenoxy) is 1. The average Bonchev–Trinajstić information content (AvgIpc) is 2.46. The summed E-state index contributed by atoms with van der Waals surface area (Å²) in [6.07, 6.45) is 0.382. The molecule has 0 aliphatic heterocycles. The topological polar surface area (TPSA) is 87.4 Å². The van der Waals surface area contributed by atoms with E-state index in [-0.39, 0.29) is 17.6 Å². The number of halogens is 3. The van der Waals surface area contributed by atoms with E-state index in [4.69, 9.17) is 10.00 Å². The maximum Gasteiger partial charge on any atom is 0.339 e. The summed E-state index contributed by atoms with van der Waals surface area (Å²) >= 11 is 5.86. The summed E-state index contributed by atoms with van der Waals surface area (Å²) in [4.78, 5) is 23.4. The molecule has 5 nitrogen and oxygen atoms in total. The van der Waals surface area contributed by atoms with Crippen molar-refractivity contribution in [1.82, 2.24) is 0 Å². The minimum Gasteiger partial charge on any atom is -0.478 e. The predicted molar refractivity (Wildman–Crippen MR) is 106 cm³/mol. The Kier molecular flexibility index (Phi) is 7.53. The Morgan fingerprint density at radius 3 is 2.32 bits per heavy atom. The number of carboxylic acid groups (broad SMARTS) is 1. The Morgan fingerprint density at radius 1 is 1.27 bits per heavy atom.